The van der Waals surface area contributed by atoms with Gasteiger partial charge in [-0.25, -0.2) is 9.59 Å². The van der Waals surface area contributed by atoms with Gasteiger partial charge in [0.05, 0.1) is 36.9 Å². The molecule has 0 unspecified atom stereocenters. The van der Waals surface area contributed by atoms with E-state index >= 15 is 0 Å². The maximum atomic E-state index is 12.4. The number of hydrogen-bond acceptors (Lipinski definition) is 4. The minimum Gasteiger partial charge on any atom is -0.501 e. The largest absolute Gasteiger partial charge is 0.501 e. The summed E-state index contributed by atoms with van der Waals surface area (Å²) < 4.78 is 11.7. The molecule has 6 nitrogen and oxygen atoms in total. The van der Waals surface area contributed by atoms with Gasteiger partial charge in [0.2, 0.25) is 0 Å². The molecule has 2 saturated carbocycles. The molecule has 2 aliphatic rings. The van der Waals surface area contributed by atoms with Gasteiger partial charge in [0.1, 0.15) is 0 Å². The first-order valence-electron chi connectivity index (χ1n) is 11.9. The molecule has 0 aliphatic heterocycles. The van der Waals surface area contributed by atoms with Crippen LogP contribution in [0.4, 0.5) is 0 Å². The third-order valence-corrected chi connectivity index (χ3v) is 7.74. The minimum atomic E-state index is -1.06. The van der Waals surface area contributed by atoms with E-state index in [1.165, 1.54) is 24.7 Å². The molecule has 6 heteroatoms. The Morgan fingerprint density at radius 2 is 1.33 bits per heavy atom. The SMILES string of the molecule is C=COCC1(C(c2cc(C(=O)O)ccc2C(=O)O)C2(COC=C)CCCCC2)CCCCC1. The van der Waals surface area contributed by atoms with Crippen LogP contribution in [0.2, 0.25) is 0 Å². The van der Waals surface area contributed by atoms with Gasteiger partial charge in [0, 0.05) is 16.7 Å². The van der Waals surface area contributed by atoms with Crippen molar-refractivity contribution in [1.82, 2.24) is 0 Å². The zero-order chi connectivity index (χ0) is 23.9. The first-order chi connectivity index (χ1) is 15.9. The lowest BCUT2D eigenvalue weighted by Gasteiger charge is -2.54. The highest BCUT2D eigenvalue weighted by molar-refractivity contribution is 5.93. The molecule has 0 radical (unpaired) electrons. The molecule has 2 aliphatic carbocycles. The zero-order valence-electron chi connectivity index (χ0n) is 19.4. The van der Waals surface area contributed by atoms with Crippen molar-refractivity contribution in [3.05, 3.63) is 60.6 Å². The van der Waals surface area contributed by atoms with Crippen molar-refractivity contribution in [2.45, 2.75) is 70.1 Å². The second kappa shape index (κ2) is 10.9. The topological polar surface area (TPSA) is 93.1 Å². The number of carboxylic acid groups (broad SMARTS) is 2. The Kier molecular flexibility index (Phi) is 8.22. The third-order valence-electron chi connectivity index (χ3n) is 7.74. The molecule has 0 heterocycles. The second-order valence-electron chi connectivity index (χ2n) is 9.65. The van der Waals surface area contributed by atoms with Gasteiger partial charge in [0.25, 0.3) is 0 Å². The van der Waals surface area contributed by atoms with Crippen LogP contribution in [-0.4, -0.2) is 35.4 Å². The Labute approximate surface area is 196 Å². The van der Waals surface area contributed by atoms with Crippen molar-refractivity contribution in [2.24, 2.45) is 10.8 Å². The standard InChI is InChI=1S/C27H36O6/c1-3-32-18-26(13-7-5-8-14-26)23(27(19-33-4-2)15-9-6-10-16-27)22-17-20(24(28)29)11-12-21(22)25(30)31/h3-4,11-12,17,23H,1-2,5-10,13-16,18-19H2,(H,28,29)(H,30,31). The summed E-state index contributed by atoms with van der Waals surface area (Å²) in [5.74, 6) is -2.33. The van der Waals surface area contributed by atoms with Crippen LogP contribution in [0.15, 0.2) is 43.9 Å². The Morgan fingerprint density at radius 3 is 1.73 bits per heavy atom. The molecule has 0 amide bonds. The fourth-order valence-electron chi connectivity index (χ4n) is 6.43. The van der Waals surface area contributed by atoms with Crippen LogP contribution in [0.5, 0.6) is 0 Å². The molecule has 180 valence electrons. The molecule has 0 saturated heterocycles. The molecule has 0 atom stereocenters. The molecule has 33 heavy (non-hydrogen) atoms. The maximum Gasteiger partial charge on any atom is 0.335 e. The van der Waals surface area contributed by atoms with Gasteiger partial charge >= 0.3 is 11.9 Å². The average molecular weight is 457 g/mol. The predicted octanol–water partition coefficient (Wildman–Crippen LogP) is 6.39. The summed E-state index contributed by atoms with van der Waals surface area (Å²) in [7, 11) is 0. The molecule has 2 N–H and O–H groups in total. The van der Waals surface area contributed by atoms with Gasteiger partial charge in [-0.1, -0.05) is 51.7 Å². The number of carbonyl (C=O) groups is 2. The molecule has 3 rings (SSSR count). The van der Waals surface area contributed by atoms with Gasteiger partial charge in [-0.15, -0.1) is 0 Å². The molecule has 0 spiro atoms. The van der Waals surface area contributed by atoms with E-state index in [0.717, 1.165) is 64.2 Å². The summed E-state index contributed by atoms with van der Waals surface area (Å²) in [4.78, 5) is 24.3. The highest BCUT2D eigenvalue weighted by Gasteiger charge is 2.53. The lowest BCUT2D eigenvalue weighted by Crippen LogP contribution is -2.48. The van der Waals surface area contributed by atoms with Crippen LogP contribution in [0.25, 0.3) is 0 Å². The highest BCUT2D eigenvalue weighted by atomic mass is 16.5. The fourth-order valence-corrected chi connectivity index (χ4v) is 6.43. The van der Waals surface area contributed by atoms with E-state index in [-0.39, 0.29) is 27.9 Å². The van der Waals surface area contributed by atoms with E-state index in [9.17, 15) is 19.8 Å². The van der Waals surface area contributed by atoms with Crippen LogP contribution in [0, 0.1) is 10.8 Å². The first kappa shape index (κ1) is 24.9. The summed E-state index contributed by atoms with van der Waals surface area (Å²) >= 11 is 0. The quantitative estimate of drug-likeness (QED) is 0.375. The summed E-state index contributed by atoms with van der Waals surface area (Å²) in [6, 6.07) is 4.42. The number of aromatic carboxylic acids is 2. The van der Waals surface area contributed by atoms with Crippen molar-refractivity contribution in [2.75, 3.05) is 13.2 Å². The van der Waals surface area contributed by atoms with E-state index in [1.54, 1.807) is 6.07 Å². The molecule has 1 aromatic carbocycles. The Morgan fingerprint density at radius 1 is 0.848 bits per heavy atom. The number of rotatable bonds is 11. The number of hydrogen-bond donors (Lipinski definition) is 2. The highest BCUT2D eigenvalue weighted by Crippen LogP contribution is 2.60. The molecular weight excluding hydrogens is 420 g/mol. The molecular formula is C27H36O6. The van der Waals surface area contributed by atoms with Gasteiger partial charge in [-0.3, -0.25) is 0 Å². The van der Waals surface area contributed by atoms with Crippen molar-refractivity contribution >= 4 is 11.9 Å². The summed E-state index contributed by atoms with van der Waals surface area (Å²) in [6.45, 7) is 8.33. The van der Waals surface area contributed by atoms with Crippen LogP contribution in [-0.2, 0) is 9.47 Å². The smallest absolute Gasteiger partial charge is 0.335 e. The van der Waals surface area contributed by atoms with Crippen LogP contribution in [0.3, 0.4) is 0 Å². The monoisotopic (exact) mass is 456 g/mol. The number of benzene rings is 1. The van der Waals surface area contributed by atoms with E-state index in [2.05, 4.69) is 13.2 Å². The maximum absolute atomic E-state index is 12.4. The van der Waals surface area contributed by atoms with Gasteiger partial charge in [-0.2, -0.15) is 0 Å². The van der Waals surface area contributed by atoms with Crippen LogP contribution in [0.1, 0.15) is 96.4 Å². The van der Waals surface area contributed by atoms with Crippen molar-refractivity contribution in [3.63, 3.8) is 0 Å². The summed E-state index contributed by atoms with van der Waals surface area (Å²) in [5.41, 5.74) is 0.181. The molecule has 0 aromatic heterocycles. The predicted molar refractivity (Wildman–Crippen MR) is 126 cm³/mol. The van der Waals surface area contributed by atoms with E-state index in [0.29, 0.717) is 18.8 Å². The zero-order valence-corrected chi connectivity index (χ0v) is 19.4. The Hall–Kier alpha value is -2.76. The van der Waals surface area contributed by atoms with E-state index in [1.807, 2.05) is 0 Å². The number of carboxylic acids is 2. The van der Waals surface area contributed by atoms with Crippen molar-refractivity contribution in [3.8, 4) is 0 Å². The normalized spacial score (nSPS) is 19.4. The number of ether oxygens (including phenoxy) is 2. The third kappa shape index (κ3) is 5.26. The van der Waals surface area contributed by atoms with Crippen LogP contribution < -0.4 is 0 Å². The van der Waals surface area contributed by atoms with Gasteiger partial charge in [-0.05, 0) is 49.4 Å². The average Bonchev–Trinajstić information content (AvgIpc) is 2.82. The van der Waals surface area contributed by atoms with Crippen molar-refractivity contribution < 1.29 is 29.3 Å². The van der Waals surface area contributed by atoms with Gasteiger partial charge in [0.15, 0.2) is 0 Å². The lowest BCUT2D eigenvalue weighted by molar-refractivity contribution is -0.0509. The van der Waals surface area contributed by atoms with E-state index < -0.39 is 11.9 Å². The lowest BCUT2D eigenvalue weighted by atomic mass is 9.51. The first-order valence-corrected chi connectivity index (χ1v) is 11.9. The summed E-state index contributed by atoms with van der Waals surface area (Å²) in [6.07, 6.45) is 12.8. The van der Waals surface area contributed by atoms with Gasteiger partial charge < -0.3 is 19.7 Å². The second-order valence-corrected chi connectivity index (χ2v) is 9.65. The molecule has 0 bridgehead atoms. The fraction of sp³-hybridized carbons (Fsp3) is 0.556. The minimum absolute atomic E-state index is 0.103. The van der Waals surface area contributed by atoms with E-state index in [4.69, 9.17) is 9.47 Å². The molecule has 2 fully saturated rings. The van der Waals surface area contributed by atoms with Crippen molar-refractivity contribution in [1.29, 1.82) is 0 Å². The molecule has 1 aromatic rings. The van der Waals surface area contributed by atoms with Crippen LogP contribution >= 0.6 is 0 Å². The Bertz CT molecular complexity index is 827. The summed E-state index contributed by atoms with van der Waals surface area (Å²) in [5, 5.41) is 19.8. The Balaban J connectivity index is 2.30.